The molecule has 2 heterocycles. The fourth-order valence-electron chi connectivity index (χ4n) is 3.50. The van der Waals surface area contributed by atoms with Crippen LogP contribution in [0.4, 0.5) is 29.6 Å². The third-order valence-corrected chi connectivity index (χ3v) is 5.07. The van der Waals surface area contributed by atoms with Crippen LogP contribution in [0.1, 0.15) is 56.4 Å². The highest BCUT2D eigenvalue weighted by Crippen LogP contribution is 2.32. The quantitative estimate of drug-likeness (QED) is 0.672. The van der Waals surface area contributed by atoms with Gasteiger partial charge >= 0.3 is 12.3 Å². The number of likely N-dealkylation sites (tertiary alicyclic amines) is 1. The SMILES string of the molecule is Cc1nc(Nc2ccc(C3CCN(C(=O)OC(C)(C)C)CC3)cc2)ncc1C(F)(F)F. The number of halogens is 3. The van der Waals surface area contributed by atoms with E-state index in [0.717, 1.165) is 24.6 Å². The number of anilines is 2. The molecule has 6 nitrogen and oxygen atoms in total. The van der Waals surface area contributed by atoms with Crippen molar-refractivity contribution in [3.05, 3.63) is 47.3 Å². The molecule has 31 heavy (non-hydrogen) atoms. The fourth-order valence-corrected chi connectivity index (χ4v) is 3.50. The average molecular weight is 436 g/mol. The Bertz CT molecular complexity index is 916. The predicted molar refractivity (Wildman–Crippen MR) is 111 cm³/mol. The normalized spacial score (nSPS) is 15.6. The van der Waals surface area contributed by atoms with Gasteiger partial charge in [0.1, 0.15) is 5.60 Å². The van der Waals surface area contributed by atoms with Gasteiger partial charge in [0, 0.05) is 25.0 Å². The molecule has 1 aliphatic rings. The second-order valence-electron chi connectivity index (χ2n) is 8.68. The Morgan fingerprint density at radius 1 is 1.13 bits per heavy atom. The molecular weight excluding hydrogens is 409 g/mol. The largest absolute Gasteiger partial charge is 0.444 e. The maximum absolute atomic E-state index is 12.8. The Balaban J connectivity index is 1.58. The minimum atomic E-state index is -4.47. The van der Waals surface area contributed by atoms with Gasteiger partial charge in [-0.15, -0.1) is 0 Å². The lowest BCUT2D eigenvalue weighted by atomic mass is 9.89. The number of piperidine rings is 1. The molecule has 0 aliphatic carbocycles. The highest BCUT2D eigenvalue weighted by atomic mass is 19.4. The highest BCUT2D eigenvalue weighted by molar-refractivity contribution is 5.68. The van der Waals surface area contributed by atoms with Crippen molar-refractivity contribution in [1.29, 1.82) is 0 Å². The van der Waals surface area contributed by atoms with Crippen LogP contribution < -0.4 is 5.32 Å². The standard InChI is InChI=1S/C22H27F3N4O2/c1-14-18(22(23,24)25)13-26-19(27-14)28-17-7-5-15(6-8-17)16-9-11-29(12-10-16)20(30)31-21(2,3)4/h5-8,13,16H,9-12H2,1-4H3,(H,26,27,28). The second-order valence-corrected chi connectivity index (χ2v) is 8.68. The Morgan fingerprint density at radius 3 is 2.26 bits per heavy atom. The summed E-state index contributed by atoms with van der Waals surface area (Å²) in [4.78, 5) is 21.6. The van der Waals surface area contributed by atoms with Gasteiger partial charge < -0.3 is 15.0 Å². The number of nitrogens with zero attached hydrogens (tertiary/aromatic N) is 3. The van der Waals surface area contributed by atoms with Crippen LogP contribution in [0.25, 0.3) is 0 Å². The van der Waals surface area contributed by atoms with Crippen LogP contribution in [0.15, 0.2) is 30.5 Å². The topological polar surface area (TPSA) is 67.4 Å². The van der Waals surface area contributed by atoms with E-state index in [9.17, 15) is 18.0 Å². The zero-order valence-corrected chi connectivity index (χ0v) is 18.1. The van der Waals surface area contributed by atoms with Crippen molar-refractivity contribution in [2.75, 3.05) is 18.4 Å². The summed E-state index contributed by atoms with van der Waals surface area (Å²) in [6, 6.07) is 7.66. The third-order valence-electron chi connectivity index (χ3n) is 5.07. The number of nitrogens with one attached hydrogen (secondary N) is 1. The van der Waals surface area contributed by atoms with Gasteiger partial charge in [0.25, 0.3) is 0 Å². The van der Waals surface area contributed by atoms with E-state index in [2.05, 4.69) is 15.3 Å². The lowest BCUT2D eigenvalue weighted by molar-refractivity contribution is -0.138. The summed E-state index contributed by atoms with van der Waals surface area (Å²) in [7, 11) is 0. The summed E-state index contributed by atoms with van der Waals surface area (Å²) < 4.78 is 44.0. The molecule has 0 saturated carbocycles. The number of carbonyl (C=O) groups is 1. The number of ether oxygens (including phenoxy) is 1. The van der Waals surface area contributed by atoms with Crippen LogP contribution in [-0.2, 0) is 10.9 Å². The minimum absolute atomic E-state index is 0.115. The maximum atomic E-state index is 12.8. The van der Waals surface area contributed by atoms with Crippen molar-refractivity contribution in [1.82, 2.24) is 14.9 Å². The monoisotopic (exact) mass is 436 g/mol. The molecule has 1 saturated heterocycles. The molecule has 0 spiro atoms. The number of alkyl halides is 3. The number of amides is 1. The van der Waals surface area contributed by atoms with Gasteiger partial charge in [-0.3, -0.25) is 0 Å². The van der Waals surface area contributed by atoms with E-state index in [1.807, 2.05) is 45.0 Å². The summed E-state index contributed by atoms with van der Waals surface area (Å²) in [5, 5.41) is 2.94. The van der Waals surface area contributed by atoms with Gasteiger partial charge in [-0.25, -0.2) is 14.8 Å². The number of benzene rings is 1. The number of carbonyl (C=O) groups excluding carboxylic acids is 1. The lowest BCUT2D eigenvalue weighted by Crippen LogP contribution is -2.41. The first-order valence-electron chi connectivity index (χ1n) is 10.2. The molecule has 168 valence electrons. The van der Waals surface area contributed by atoms with E-state index < -0.39 is 17.3 Å². The summed E-state index contributed by atoms with van der Waals surface area (Å²) in [5.74, 6) is 0.446. The summed E-state index contributed by atoms with van der Waals surface area (Å²) in [6.07, 6.45) is -2.28. The molecule has 1 aromatic carbocycles. The van der Waals surface area contributed by atoms with Crippen molar-refractivity contribution < 1.29 is 22.7 Å². The number of aromatic nitrogens is 2. The molecule has 1 aliphatic heterocycles. The number of hydrogen-bond acceptors (Lipinski definition) is 5. The van der Waals surface area contributed by atoms with Crippen molar-refractivity contribution in [3.63, 3.8) is 0 Å². The van der Waals surface area contributed by atoms with Crippen molar-refractivity contribution in [3.8, 4) is 0 Å². The Hall–Kier alpha value is -2.84. The van der Waals surface area contributed by atoms with Crippen molar-refractivity contribution in [2.45, 2.75) is 58.2 Å². The van der Waals surface area contributed by atoms with Crippen molar-refractivity contribution >= 4 is 17.7 Å². The Morgan fingerprint density at radius 2 is 1.74 bits per heavy atom. The van der Waals surface area contributed by atoms with E-state index >= 15 is 0 Å². The van der Waals surface area contributed by atoms with E-state index in [0.29, 0.717) is 24.7 Å². The summed E-state index contributed by atoms with van der Waals surface area (Å²) in [6.45, 7) is 8.14. The molecule has 0 bridgehead atoms. The predicted octanol–water partition coefficient (Wildman–Crippen LogP) is 5.66. The smallest absolute Gasteiger partial charge is 0.419 e. The maximum Gasteiger partial charge on any atom is 0.419 e. The summed E-state index contributed by atoms with van der Waals surface area (Å²) in [5.41, 5.74) is 0.365. The van der Waals surface area contributed by atoms with Gasteiger partial charge in [-0.05, 0) is 64.2 Å². The lowest BCUT2D eigenvalue weighted by Gasteiger charge is -2.33. The van der Waals surface area contributed by atoms with E-state index in [4.69, 9.17) is 4.74 Å². The molecule has 1 fully saturated rings. The van der Waals surface area contributed by atoms with Gasteiger partial charge in [0.15, 0.2) is 0 Å². The van der Waals surface area contributed by atoms with Gasteiger partial charge in [0.05, 0.1) is 11.3 Å². The van der Waals surface area contributed by atoms with Crippen molar-refractivity contribution in [2.24, 2.45) is 0 Å². The molecule has 2 aromatic rings. The fraction of sp³-hybridized carbons (Fsp3) is 0.500. The first-order valence-corrected chi connectivity index (χ1v) is 10.2. The molecular formula is C22H27F3N4O2. The number of aryl methyl sites for hydroxylation is 1. The molecule has 0 unspecified atom stereocenters. The number of rotatable bonds is 3. The van der Waals surface area contributed by atoms with Crippen LogP contribution in [0, 0.1) is 6.92 Å². The zero-order valence-electron chi connectivity index (χ0n) is 18.1. The molecule has 1 amide bonds. The Labute approximate surface area is 179 Å². The number of hydrogen-bond donors (Lipinski definition) is 1. The van der Waals surface area contributed by atoms with E-state index in [1.165, 1.54) is 6.92 Å². The van der Waals surface area contributed by atoms with Gasteiger partial charge in [-0.2, -0.15) is 13.2 Å². The van der Waals surface area contributed by atoms with Gasteiger partial charge in [-0.1, -0.05) is 12.1 Å². The van der Waals surface area contributed by atoms with Crippen LogP contribution in [0.5, 0.6) is 0 Å². The van der Waals surface area contributed by atoms with Crippen LogP contribution >= 0.6 is 0 Å². The highest BCUT2D eigenvalue weighted by Gasteiger charge is 2.33. The molecule has 9 heteroatoms. The summed E-state index contributed by atoms with van der Waals surface area (Å²) >= 11 is 0. The molecule has 0 atom stereocenters. The third kappa shape index (κ3) is 6.08. The van der Waals surface area contributed by atoms with Crippen LogP contribution in [-0.4, -0.2) is 39.7 Å². The van der Waals surface area contributed by atoms with Crippen LogP contribution in [0.3, 0.4) is 0 Å². The average Bonchev–Trinajstić information content (AvgIpc) is 2.66. The molecule has 1 N–H and O–H groups in total. The second kappa shape index (κ2) is 8.72. The molecule has 0 radical (unpaired) electrons. The van der Waals surface area contributed by atoms with Crippen LogP contribution in [0.2, 0.25) is 0 Å². The minimum Gasteiger partial charge on any atom is -0.444 e. The van der Waals surface area contributed by atoms with E-state index in [-0.39, 0.29) is 17.7 Å². The Kier molecular flexibility index (Phi) is 6.43. The zero-order chi connectivity index (χ0) is 22.8. The van der Waals surface area contributed by atoms with E-state index in [1.54, 1.807) is 4.90 Å². The molecule has 3 rings (SSSR count). The first kappa shape index (κ1) is 22.8. The first-order chi connectivity index (χ1) is 14.4. The van der Waals surface area contributed by atoms with Gasteiger partial charge in [0.2, 0.25) is 5.95 Å². The molecule has 1 aromatic heterocycles.